The van der Waals surface area contributed by atoms with Crippen molar-refractivity contribution in [3.05, 3.63) is 60.2 Å². The van der Waals surface area contributed by atoms with Crippen LogP contribution in [-0.4, -0.2) is 39.5 Å². The lowest BCUT2D eigenvalue weighted by atomic mass is 10.2. The maximum absolute atomic E-state index is 12.2. The van der Waals surface area contributed by atoms with Crippen LogP contribution in [0.4, 0.5) is 11.6 Å². The summed E-state index contributed by atoms with van der Waals surface area (Å²) in [6.07, 6.45) is 2.78. The van der Waals surface area contributed by atoms with Gasteiger partial charge in [0, 0.05) is 31.0 Å². The second-order valence-electron chi connectivity index (χ2n) is 7.16. The number of rotatable bonds is 7. The first-order valence-corrected chi connectivity index (χ1v) is 10.9. The van der Waals surface area contributed by atoms with E-state index in [-0.39, 0.29) is 5.91 Å². The van der Waals surface area contributed by atoms with E-state index in [0.29, 0.717) is 12.2 Å². The van der Waals surface area contributed by atoms with Crippen molar-refractivity contribution in [1.82, 2.24) is 14.8 Å². The third-order valence-electron chi connectivity index (χ3n) is 4.92. The number of thioether (sulfide) groups is 1. The van der Waals surface area contributed by atoms with Crippen molar-refractivity contribution in [3.8, 4) is 5.69 Å². The number of carbonyl (C=O) groups excluding carboxylic acids is 1. The summed E-state index contributed by atoms with van der Waals surface area (Å²) >= 11 is 1.57. The molecule has 1 saturated heterocycles. The van der Waals surface area contributed by atoms with E-state index in [9.17, 15) is 4.79 Å². The molecule has 4 rings (SSSR count). The third kappa shape index (κ3) is 4.79. The van der Waals surface area contributed by atoms with Crippen LogP contribution in [0.1, 0.15) is 24.8 Å². The number of nitrogens with one attached hydrogen (secondary N) is 1. The van der Waals surface area contributed by atoms with Gasteiger partial charge in [0.15, 0.2) is 5.16 Å². The highest BCUT2D eigenvalue weighted by atomic mass is 32.2. The molecule has 0 spiro atoms. The lowest BCUT2D eigenvalue weighted by molar-refractivity contribution is -0.115. The Hall–Kier alpha value is -2.80. The van der Waals surface area contributed by atoms with E-state index in [1.807, 2.05) is 30.3 Å². The molecular formula is C22H25N5OS. The fourth-order valence-electron chi connectivity index (χ4n) is 3.38. The van der Waals surface area contributed by atoms with Crippen LogP contribution in [0.15, 0.2) is 59.8 Å². The summed E-state index contributed by atoms with van der Waals surface area (Å²) in [7, 11) is 0. The van der Waals surface area contributed by atoms with Gasteiger partial charge < -0.3 is 10.2 Å². The second-order valence-corrected chi connectivity index (χ2v) is 8.22. The van der Waals surface area contributed by atoms with Gasteiger partial charge in [0.1, 0.15) is 0 Å². The van der Waals surface area contributed by atoms with Crippen molar-refractivity contribution in [2.75, 3.05) is 29.1 Å². The van der Waals surface area contributed by atoms with Gasteiger partial charge in [0.05, 0.1) is 5.69 Å². The van der Waals surface area contributed by atoms with Gasteiger partial charge >= 0.3 is 0 Å². The highest BCUT2D eigenvalue weighted by Crippen LogP contribution is 2.29. The van der Waals surface area contributed by atoms with Crippen molar-refractivity contribution < 1.29 is 4.79 Å². The highest BCUT2D eigenvalue weighted by Gasteiger charge is 2.22. The predicted molar refractivity (Wildman–Crippen MR) is 118 cm³/mol. The lowest BCUT2D eigenvalue weighted by Gasteiger charge is -2.18. The number of amides is 1. The summed E-state index contributed by atoms with van der Waals surface area (Å²) < 4.78 is 2.12. The molecule has 1 aliphatic heterocycles. The first-order valence-electron chi connectivity index (χ1n) is 9.96. The molecule has 0 aliphatic carbocycles. The van der Waals surface area contributed by atoms with Gasteiger partial charge in [-0.2, -0.15) is 0 Å². The number of para-hydroxylation sites is 1. The van der Waals surface area contributed by atoms with E-state index in [0.717, 1.165) is 35.6 Å². The van der Waals surface area contributed by atoms with E-state index in [2.05, 4.69) is 56.2 Å². The van der Waals surface area contributed by atoms with E-state index >= 15 is 0 Å². The standard InChI is InChI=1S/C22H25N5OS/c1-17-9-11-19(12-10-17)27-21(26-14-5-6-15-26)24-25-22(27)29-16-13-20(28)23-18-7-3-2-4-8-18/h2-4,7-12H,5-6,13-16H2,1H3,(H,23,28). The van der Waals surface area contributed by atoms with Gasteiger partial charge in [-0.05, 0) is 44.0 Å². The molecule has 7 heteroatoms. The van der Waals surface area contributed by atoms with Crippen LogP contribution in [0.25, 0.3) is 5.69 Å². The highest BCUT2D eigenvalue weighted by molar-refractivity contribution is 7.99. The minimum Gasteiger partial charge on any atom is -0.341 e. The average Bonchev–Trinajstić information content (AvgIpc) is 3.39. The van der Waals surface area contributed by atoms with Gasteiger partial charge in [-0.1, -0.05) is 47.7 Å². The topological polar surface area (TPSA) is 63.1 Å². The molecule has 150 valence electrons. The number of nitrogens with zero attached hydrogens (tertiary/aromatic N) is 4. The third-order valence-corrected chi connectivity index (χ3v) is 5.85. The molecule has 2 heterocycles. The Labute approximate surface area is 175 Å². The SMILES string of the molecule is Cc1ccc(-n2c(SCCC(=O)Nc3ccccc3)nnc2N2CCCC2)cc1. The monoisotopic (exact) mass is 407 g/mol. The van der Waals surface area contributed by atoms with E-state index in [4.69, 9.17) is 0 Å². The molecule has 29 heavy (non-hydrogen) atoms. The van der Waals surface area contributed by atoms with Gasteiger partial charge in [0.2, 0.25) is 11.9 Å². The molecule has 0 radical (unpaired) electrons. The van der Waals surface area contributed by atoms with Crippen LogP contribution in [0.3, 0.4) is 0 Å². The van der Waals surface area contributed by atoms with Crippen LogP contribution in [0, 0.1) is 6.92 Å². The van der Waals surface area contributed by atoms with Crippen LogP contribution in [0.5, 0.6) is 0 Å². The number of aryl methyl sites for hydroxylation is 1. The van der Waals surface area contributed by atoms with Crippen molar-refractivity contribution >= 4 is 29.3 Å². The van der Waals surface area contributed by atoms with Crippen LogP contribution in [-0.2, 0) is 4.79 Å². The normalized spacial score (nSPS) is 13.6. The Kier molecular flexibility index (Phi) is 6.14. The zero-order valence-electron chi connectivity index (χ0n) is 16.5. The summed E-state index contributed by atoms with van der Waals surface area (Å²) in [5.41, 5.74) is 3.09. The van der Waals surface area contributed by atoms with Gasteiger partial charge in [0.25, 0.3) is 0 Å². The number of aromatic nitrogens is 3. The molecule has 3 aromatic rings. The van der Waals surface area contributed by atoms with E-state index < -0.39 is 0 Å². The van der Waals surface area contributed by atoms with Crippen molar-refractivity contribution in [3.63, 3.8) is 0 Å². The maximum Gasteiger partial charge on any atom is 0.232 e. The second kappa shape index (κ2) is 9.13. The fraction of sp³-hybridized carbons (Fsp3) is 0.318. The average molecular weight is 408 g/mol. The smallest absolute Gasteiger partial charge is 0.232 e. The number of benzene rings is 2. The maximum atomic E-state index is 12.2. The summed E-state index contributed by atoms with van der Waals surface area (Å²) in [6, 6.07) is 17.9. The molecule has 1 amide bonds. The summed E-state index contributed by atoms with van der Waals surface area (Å²) in [5, 5.41) is 12.7. The fourth-order valence-corrected chi connectivity index (χ4v) is 4.26. The number of anilines is 2. The number of hydrogen-bond donors (Lipinski definition) is 1. The van der Waals surface area contributed by atoms with Crippen LogP contribution < -0.4 is 10.2 Å². The molecule has 0 saturated carbocycles. The van der Waals surface area contributed by atoms with Crippen molar-refractivity contribution in [2.24, 2.45) is 0 Å². The van der Waals surface area contributed by atoms with Crippen molar-refractivity contribution in [1.29, 1.82) is 0 Å². The molecule has 6 nitrogen and oxygen atoms in total. The molecule has 0 unspecified atom stereocenters. The summed E-state index contributed by atoms with van der Waals surface area (Å²) in [5.74, 6) is 1.54. The van der Waals surface area contributed by atoms with Crippen molar-refractivity contribution in [2.45, 2.75) is 31.3 Å². The Morgan fingerprint density at radius 2 is 1.76 bits per heavy atom. The largest absolute Gasteiger partial charge is 0.341 e. The zero-order valence-corrected chi connectivity index (χ0v) is 17.4. The van der Waals surface area contributed by atoms with Crippen LogP contribution in [0.2, 0.25) is 0 Å². The minimum absolute atomic E-state index is 0.00451. The predicted octanol–water partition coefficient (Wildman–Crippen LogP) is 4.30. The van der Waals surface area contributed by atoms with Gasteiger partial charge in [-0.15, -0.1) is 10.2 Å². The zero-order chi connectivity index (χ0) is 20.1. The quantitative estimate of drug-likeness (QED) is 0.592. The molecule has 1 fully saturated rings. The molecule has 2 aromatic carbocycles. The molecule has 1 N–H and O–H groups in total. The Balaban J connectivity index is 1.46. The van der Waals surface area contributed by atoms with Gasteiger partial charge in [-0.3, -0.25) is 9.36 Å². The lowest BCUT2D eigenvalue weighted by Crippen LogP contribution is -2.22. The number of hydrogen-bond acceptors (Lipinski definition) is 5. The molecule has 0 atom stereocenters. The Morgan fingerprint density at radius 1 is 1.03 bits per heavy atom. The summed E-state index contributed by atoms with van der Waals surface area (Å²) in [6.45, 7) is 4.10. The van der Waals surface area contributed by atoms with E-state index in [1.54, 1.807) is 11.8 Å². The molecule has 1 aliphatic rings. The molecular weight excluding hydrogens is 382 g/mol. The number of carbonyl (C=O) groups is 1. The summed E-state index contributed by atoms with van der Waals surface area (Å²) in [4.78, 5) is 14.5. The molecule has 1 aromatic heterocycles. The van der Waals surface area contributed by atoms with Crippen LogP contribution >= 0.6 is 11.8 Å². The minimum atomic E-state index is 0.00451. The molecule has 0 bridgehead atoms. The first-order chi connectivity index (χ1) is 14.2. The Morgan fingerprint density at radius 3 is 2.48 bits per heavy atom. The van der Waals surface area contributed by atoms with Gasteiger partial charge in [-0.25, -0.2) is 0 Å². The van der Waals surface area contributed by atoms with E-state index in [1.165, 1.54) is 18.4 Å². The first kappa shape index (κ1) is 19.5. The Bertz CT molecular complexity index is 949.